The predicted molar refractivity (Wildman–Crippen MR) is 70.5 cm³/mol. The van der Waals surface area contributed by atoms with E-state index in [1.807, 2.05) is 18.2 Å². The van der Waals surface area contributed by atoms with Crippen molar-refractivity contribution < 1.29 is 13.0 Å². The molecule has 1 aromatic heterocycles. The van der Waals surface area contributed by atoms with Crippen LogP contribution in [0.3, 0.4) is 0 Å². The van der Waals surface area contributed by atoms with E-state index in [0.717, 1.165) is 12.1 Å². The smallest absolute Gasteiger partial charge is 0.0945 e. The molecule has 0 amide bonds. The number of benzene rings is 1. The standard InChI is InChI=1S/C13H17NO3S/c1-11-10-14(8-4-5-9-18(15,16)17)13-7-3-2-6-12(11)13/h2-3,6-7,10H,4-5,8-9H2,1H3,(H,15,16,17)/p-1. The van der Waals surface area contributed by atoms with Gasteiger partial charge in [-0.3, -0.25) is 0 Å². The molecule has 0 N–H and O–H groups in total. The Morgan fingerprint density at radius 1 is 1.22 bits per heavy atom. The maximum atomic E-state index is 10.5. The number of para-hydroxylation sites is 1. The molecule has 18 heavy (non-hydrogen) atoms. The molecule has 0 unspecified atom stereocenters. The van der Waals surface area contributed by atoms with Gasteiger partial charge in [0, 0.05) is 29.4 Å². The van der Waals surface area contributed by atoms with Crippen LogP contribution >= 0.6 is 0 Å². The first-order valence-electron chi connectivity index (χ1n) is 5.95. The number of nitrogens with zero attached hydrogens (tertiary/aromatic N) is 1. The lowest BCUT2D eigenvalue weighted by Crippen LogP contribution is -2.05. The fourth-order valence-corrected chi connectivity index (χ4v) is 2.73. The van der Waals surface area contributed by atoms with E-state index in [0.29, 0.717) is 12.8 Å². The van der Waals surface area contributed by atoms with Crippen molar-refractivity contribution in [2.75, 3.05) is 5.75 Å². The minimum atomic E-state index is -4.08. The first-order chi connectivity index (χ1) is 8.47. The van der Waals surface area contributed by atoms with Crippen molar-refractivity contribution in [3.8, 4) is 0 Å². The summed E-state index contributed by atoms with van der Waals surface area (Å²) < 4.78 is 33.6. The summed E-state index contributed by atoms with van der Waals surface area (Å²) in [7, 11) is -4.08. The van der Waals surface area contributed by atoms with Gasteiger partial charge < -0.3 is 9.12 Å². The first-order valence-corrected chi connectivity index (χ1v) is 7.53. The van der Waals surface area contributed by atoms with Crippen molar-refractivity contribution >= 4 is 21.0 Å². The largest absolute Gasteiger partial charge is 0.748 e. The number of hydrogen-bond donors (Lipinski definition) is 0. The van der Waals surface area contributed by atoms with Gasteiger partial charge in [-0.1, -0.05) is 18.2 Å². The van der Waals surface area contributed by atoms with Gasteiger partial charge in [-0.2, -0.15) is 0 Å². The molecule has 0 saturated heterocycles. The van der Waals surface area contributed by atoms with Crippen LogP contribution in [-0.4, -0.2) is 23.3 Å². The minimum absolute atomic E-state index is 0.273. The second kappa shape index (κ2) is 5.12. The van der Waals surface area contributed by atoms with Crippen LogP contribution in [0.5, 0.6) is 0 Å². The van der Waals surface area contributed by atoms with Gasteiger partial charge in [0.1, 0.15) is 0 Å². The van der Waals surface area contributed by atoms with E-state index in [4.69, 9.17) is 0 Å². The molecule has 0 atom stereocenters. The molecule has 0 fully saturated rings. The number of unbranched alkanes of at least 4 members (excludes halogenated alkanes) is 1. The summed E-state index contributed by atoms with van der Waals surface area (Å²) in [5.41, 5.74) is 2.36. The molecule has 0 radical (unpaired) electrons. The highest BCUT2D eigenvalue weighted by Gasteiger charge is 2.04. The third-order valence-corrected chi connectivity index (χ3v) is 3.82. The first kappa shape index (κ1) is 13.1. The van der Waals surface area contributed by atoms with Crippen molar-refractivity contribution in [2.45, 2.75) is 26.3 Å². The highest BCUT2D eigenvalue weighted by Crippen LogP contribution is 2.20. The van der Waals surface area contributed by atoms with Crippen molar-refractivity contribution in [3.05, 3.63) is 36.0 Å². The fourth-order valence-electron chi connectivity index (χ4n) is 2.18. The van der Waals surface area contributed by atoms with Crippen molar-refractivity contribution in [2.24, 2.45) is 0 Å². The summed E-state index contributed by atoms with van der Waals surface area (Å²) in [4.78, 5) is 0. The Morgan fingerprint density at radius 2 is 1.94 bits per heavy atom. The Morgan fingerprint density at radius 3 is 2.67 bits per heavy atom. The van der Waals surface area contributed by atoms with Gasteiger partial charge in [-0.25, -0.2) is 8.42 Å². The van der Waals surface area contributed by atoms with Gasteiger partial charge in [0.2, 0.25) is 0 Å². The Labute approximate surface area is 107 Å². The Balaban J connectivity index is 2.04. The van der Waals surface area contributed by atoms with E-state index in [-0.39, 0.29) is 5.75 Å². The quantitative estimate of drug-likeness (QED) is 0.616. The molecule has 1 aromatic carbocycles. The van der Waals surface area contributed by atoms with Gasteiger partial charge in [-0.15, -0.1) is 0 Å². The molecule has 0 aliphatic heterocycles. The van der Waals surface area contributed by atoms with Crippen LogP contribution in [0.15, 0.2) is 30.5 Å². The lowest BCUT2D eigenvalue weighted by atomic mass is 10.2. The number of rotatable bonds is 5. The van der Waals surface area contributed by atoms with Crippen LogP contribution in [0.25, 0.3) is 10.9 Å². The Hall–Kier alpha value is -1.33. The summed E-state index contributed by atoms with van der Waals surface area (Å²) in [6, 6.07) is 8.11. The lowest BCUT2D eigenvalue weighted by molar-refractivity contribution is 0.459. The molecule has 98 valence electrons. The Kier molecular flexibility index (Phi) is 3.73. The molecule has 4 nitrogen and oxygen atoms in total. The average Bonchev–Trinajstić information content (AvgIpc) is 2.62. The molecule has 0 spiro atoms. The van der Waals surface area contributed by atoms with Crippen LogP contribution in [0.1, 0.15) is 18.4 Å². The van der Waals surface area contributed by atoms with Crippen LogP contribution in [0, 0.1) is 6.92 Å². The lowest BCUT2D eigenvalue weighted by Gasteiger charge is -2.07. The zero-order chi connectivity index (χ0) is 13.2. The molecule has 0 saturated carbocycles. The van der Waals surface area contributed by atoms with Crippen LogP contribution < -0.4 is 0 Å². The van der Waals surface area contributed by atoms with E-state index in [9.17, 15) is 13.0 Å². The zero-order valence-electron chi connectivity index (χ0n) is 10.3. The van der Waals surface area contributed by atoms with Crippen molar-refractivity contribution in [3.63, 3.8) is 0 Å². The number of aromatic nitrogens is 1. The molecule has 0 aliphatic rings. The topological polar surface area (TPSA) is 62.1 Å². The zero-order valence-corrected chi connectivity index (χ0v) is 11.1. The normalized spacial score (nSPS) is 12.1. The average molecular weight is 266 g/mol. The van der Waals surface area contributed by atoms with Gasteiger partial charge in [-0.05, 0) is 31.4 Å². The predicted octanol–water partition coefficient (Wildman–Crippen LogP) is 2.28. The number of hydrogen-bond acceptors (Lipinski definition) is 3. The van der Waals surface area contributed by atoms with Gasteiger partial charge in [0.15, 0.2) is 0 Å². The number of aryl methyl sites for hydroxylation is 2. The Bertz CT molecular complexity index is 643. The molecule has 0 aliphatic carbocycles. The minimum Gasteiger partial charge on any atom is -0.748 e. The molecule has 0 bridgehead atoms. The molecular formula is C13H16NO3S-. The van der Waals surface area contributed by atoms with E-state index in [1.54, 1.807) is 0 Å². The molecule has 2 rings (SSSR count). The summed E-state index contributed by atoms with van der Waals surface area (Å²) in [6.45, 7) is 2.80. The van der Waals surface area contributed by atoms with E-state index < -0.39 is 10.1 Å². The van der Waals surface area contributed by atoms with E-state index in [2.05, 4.69) is 23.8 Å². The van der Waals surface area contributed by atoms with Gasteiger partial charge in [0.25, 0.3) is 0 Å². The highest BCUT2D eigenvalue weighted by atomic mass is 32.2. The van der Waals surface area contributed by atoms with Crippen LogP contribution in [-0.2, 0) is 16.7 Å². The fraction of sp³-hybridized carbons (Fsp3) is 0.385. The third kappa shape index (κ3) is 3.11. The van der Waals surface area contributed by atoms with Crippen LogP contribution in [0.4, 0.5) is 0 Å². The summed E-state index contributed by atoms with van der Waals surface area (Å²) in [5.74, 6) is -0.273. The SMILES string of the molecule is Cc1cn(CCCCS(=O)(=O)[O-])c2ccccc12. The van der Waals surface area contributed by atoms with Crippen LogP contribution in [0.2, 0.25) is 0 Å². The number of fused-ring (bicyclic) bond motifs is 1. The van der Waals surface area contributed by atoms with Gasteiger partial charge in [0.05, 0.1) is 10.1 Å². The molecule has 2 aromatic rings. The molecule has 1 heterocycles. The highest BCUT2D eigenvalue weighted by molar-refractivity contribution is 7.85. The van der Waals surface area contributed by atoms with Crippen molar-refractivity contribution in [1.29, 1.82) is 0 Å². The molecule has 5 heteroatoms. The summed E-state index contributed by atoms with van der Waals surface area (Å²) >= 11 is 0. The third-order valence-electron chi connectivity index (χ3n) is 3.03. The second-order valence-electron chi connectivity index (χ2n) is 4.49. The van der Waals surface area contributed by atoms with E-state index in [1.165, 1.54) is 10.9 Å². The maximum Gasteiger partial charge on any atom is 0.0945 e. The second-order valence-corrected chi connectivity index (χ2v) is 6.02. The van der Waals surface area contributed by atoms with E-state index >= 15 is 0 Å². The monoisotopic (exact) mass is 266 g/mol. The molecular weight excluding hydrogens is 250 g/mol. The summed E-state index contributed by atoms with van der Waals surface area (Å²) in [5, 5.41) is 1.22. The van der Waals surface area contributed by atoms with Crippen molar-refractivity contribution in [1.82, 2.24) is 4.57 Å². The van der Waals surface area contributed by atoms with Gasteiger partial charge >= 0.3 is 0 Å². The maximum absolute atomic E-state index is 10.5. The summed E-state index contributed by atoms with van der Waals surface area (Å²) in [6.07, 6.45) is 3.17.